The normalized spacial score (nSPS) is 31.4. The molecule has 2 aliphatic rings. The lowest BCUT2D eigenvalue weighted by Crippen LogP contribution is -2.54. The number of hydrogen-bond acceptors (Lipinski definition) is 4. The molecule has 2 atom stereocenters. The fourth-order valence-corrected chi connectivity index (χ4v) is 3.70. The zero-order chi connectivity index (χ0) is 13.8. The molecular weight excluding hydrogens is 238 g/mol. The summed E-state index contributed by atoms with van der Waals surface area (Å²) in [7, 11) is 1.79. The molecule has 2 rings (SSSR count). The first-order valence-electron chi connectivity index (χ1n) is 7.84. The molecule has 0 radical (unpaired) electrons. The first-order valence-corrected chi connectivity index (χ1v) is 7.84. The van der Waals surface area contributed by atoms with Crippen LogP contribution in [0.1, 0.15) is 27.2 Å². The maximum Gasteiger partial charge on any atom is 0.0589 e. The Balaban J connectivity index is 1.79. The second-order valence-corrected chi connectivity index (χ2v) is 6.30. The fourth-order valence-electron chi connectivity index (χ4n) is 3.70. The van der Waals surface area contributed by atoms with E-state index in [4.69, 9.17) is 4.74 Å². The number of piperazine rings is 1. The van der Waals surface area contributed by atoms with Crippen LogP contribution in [0.5, 0.6) is 0 Å². The Bertz CT molecular complexity index is 264. The molecule has 0 bridgehead atoms. The van der Waals surface area contributed by atoms with Crippen molar-refractivity contribution in [2.45, 2.75) is 45.3 Å². The van der Waals surface area contributed by atoms with E-state index in [1.54, 1.807) is 7.11 Å². The SMILES string of the molecule is COCCN1CCN(C2CCN(C(C)C)C2C)CC1. The maximum absolute atomic E-state index is 5.17. The molecule has 0 N–H and O–H groups in total. The summed E-state index contributed by atoms with van der Waals surface area (Å²) >= 11 is 0. The molecule has 0 aliphatic carbocycles. The quantitative estimate of drug-likeness (QED) is 0.744. The zero-order valence-corrected chi connectivity index (χ0v) is 13.1. The van der Waals surface area contributed by atoms with E-state index in [2.05, 4.69) is 35.5 Å². The molecule has 2 unspecified atom stereocenters. The van der Waals surface area contributed by atoms with Gasteiger partial charge in [0.05, 0.1) is 6.61 Å². The molecule has 112 valence electrons. The second-order valence-electron chi connectivity index (χ2n) is 6.30. The largest absolute Gasteiger partial charge is 0.383 e. The summed E-state index contributed by atoms with van der Waals surface area (Å²) in [6, 6.07) is 2.17. The van der Waals surface area contributed by atoms with Gasteiger partial charge in [-0.15, -0.1) is 0 Å². The molecule has 0 aromatic heterocycles. The molecule has 2 heterocycles. The summed E-state index contributed by atoms with van der Waals surface area (Å²) in [4.78, 5) is 7.90. The lowest BCUT2D eigenvalue weighted by Gasteiger charge is -2.40. The Morgan fingerprint density at radius 2 is 1.79 bits per heavy atom. The van der Waals surface area contributed by atoms with Crippen molar-refractivity contribution in [2.24, 2.45) is 0 Å². The van der Waals surface area contributed by atoms with Gasteiger partial charge in [-0.2, -0.15) is 0 Å². The van der Waals surface area contributed by atoms with Crippen molar-refractivity contribution in [1.82, 2.24) is 14.7 Å². The van der Waals surface area contributed by atoms with Crippen LogP contribution in [0.2, 0.25) is 0 Å². The lowest BCUT2D eigenvalue weighted by atomic mass is 10.1. The smallest absolute Gasteiger partial charge is 0.0589 e. The zero-order valence-electron chi connectivity index (χ0n) is 13.1. The average molecular weight is 269 g/mol. The van der Waals surface area contributed by atoms with Gasteiger partial charge in [0.2, 0.25) is 0 Å². The summed E-state index contributed by atoms with van der Waals surface area (Å²) in [5, 5.41) is 0. The van der Waals surface area contributed by atoms with E-state index in [0.29, 0.717) is 12.1 Å². The van der Waals surface area contributed by atoms with Crippen molar-refractivity contribution >= 4 is 0 Å². The average Bonchev–Trinajstić information content (AvgIpc) is 2.79. The molecule has 4 heteroatoms. The molecule has 0 aromatic rings. The maximum atomic E-state index is 5.17. The monoisotopic (exact) mass is 269 g/mol. The van der Waals surface area contributed by atoms with Gasteiger partial charge in [-0.1, -0.05) is 0 Å². The van der Waals surface area contributed by atoms with Crippen LogP contribution in [0, 0.1) is 0 Å². The molecular formula is C15H31N3O. The summed E-state index contributed by atoms with van der Waals surface area (Å²) in [5.41, 5.74) is 0. The minimum Gasteiger partial charge on any atom is -0.383 e. The van der Waals surface area contributed by atoms with E-state index in [9.17, 15) is 0 Å². The van der Waals surface area contributed by atoms with E-state index in [0.717, 1.165) is 19.2 Å². The number of ether oxygens (including phenoxy) is 1. The van der Waals surface area contributed by atoms with E-state index >= 15 is 0 Å². The minimum absolute atomic E-state index is 0.683. The molecule has 0 saturated carbocycles. The summed E-state index contributed by atoms with van der Waals surface area (Å²) in [5.74, 6) is 0. The highest BCUT2D eigenvalue weighted by molar-refractivity contribution is 4.93. The fraction of sp³-hybridized carbons (Fsp3) is 1.00. The topological polar surface area (TPSA) is 19.0 Å². The third kappa shape index (κ3) is 3.69. The highest BCUT2D eigenvalue weighted by Gasteiger charge is 2.36. The Hall–Kier alpha value is -0.160. The first kappa shape index (κ1) is 15.2. The van der Waals surface area contributed by atoms with Crippen molar-refractivity contribution in [2.75, 3.05) is 53.0 Å². The Morgan fingerprint density at radius 1 is 1.11 bits per heavy atom. The van der Waals surface area contributed by atoms with Gasteiger partial charge in [-0.25, -0.2) is 0 Å². The van der Waals surface area contributed by atoms with Crippen molar-refractivity contribution in [3.63, 3.8) is 0 Å². The molecule has 2 fully saturated rings. The van der Waals surface area contributed by atoms with Crippen molar-refractivity contribution in [3.8, 4) is 0 Å². The highest BCUT2D eigenvalue weighted by atomic mass is 16.5. The highest BCUT2D eigenvalue weighted by Crippen LogP contribution is 2.25. The molecule has 0 aromatic carbocycles. The molecule has 0 spiro atoms. The number of methoxy groups -OCH3 is 1. The molecule has 4 nitrogen and oxygen atoms in total. The van der Waals surface area contributed by atoms with Gasteiger partial charge in [0.15, 0.2) is 0 Å². The standard InChI is InChI=1S/C15H31N3O/c1-13(2)18-6-5-15(14(18)3)17-9-7-16(8-10-17)11-12-19-4/h13-15H,5-12H2,1-4H3. The van der Waals surface area contributed by atoms with E-state index in [-0.39, 0.29) is 0 Å². The summed E-state index contributed by atoms with van der Waals surface area (Å²) in [6.45, 7) is 15.1. The minimum atomic E-state index is 0.683. The third-order valence-electron chi connectivity index (χ3n) is 4.91. The van der Waals surface area contributed by atoms with Gasteiger partial charge in [0.1, 0.15) is 0 Å². The number of nitrogens with zero attached hydrogens (tertiary/aromatic N) is 3. The lowest BCUT2D eigenvalue weighted by molar-refractivity contribution is 0.0610. The molecule has 19 heavy (non-hydrogen) atoms. The van der Waals surface area contributed by atoms with Crippen LogP contribution >= 0.6 is 0 Å². The predicted octanol–water partition coefficient (Wildman–Crippen LogP) is 1.12. The van der Waals surface area contributed by atoms with Gasteiger partial charge >= 0.3 is 0 Å². The van der Waals surface area contributed by atoms with Gasteiger partial charge in [-0.3, -0.25) is 14.7 Å². The number of likely N-dealkylation sites (tertiary alicyclic amines) is 1. The van der Waals surface area contributed by atoms with Crippen LogP contribution in [0.3, 0.4) is 0 Å². The molecule has 2 aliphatic heterocycles. The van der Waals surface area contributed by atoms with E-state index in [1.165, 1.54) is 39.1 Å². The predicted molar refractivity (Wildman–Crippen MR) is 79.6 cm³/mol. The van der Waals surface area contributed by atoms with Crippen LogP contribution in [0.15, 0.2) is 0 Å². The van der Waals surface area contributed by atoms with Crippen LogP contribution in [-0.4, -0.2) is 85.8 Å². The van der Waals surface area contributed by atoms with Crippen LogP contribution in [0.25, 0.3) is 0 Å². The Labute approximate surface area is 118 Å². The Morgan fingerprint density at radius 3 is 2.32 bits per heavy atom. The van der Waals surface area contributed by atoms with Gasteiger partial charge in [-0.05, 0) is 27.2 Å². The van der Waals surface area contributed by atoms with Crippen molar-refractivity contribution in [3.05, 3.63) is 0 Å². The van der Waals surface area contributed by atoms with Crippen LogP contribution < -0.4 is 0 Å². The molecule has 0 amide bonds. The first-order chi connectivity index (χ1) is 9.13. The third-order valence-corrected chi connectivity index (χ3v) is 4.91. The van der Waals surface area contributed by atoms with Crippen LogP contribution in [0.4, 0.5) is 0 Å². The van der Waals surface area contributed by atoms with Crippen molar-refractivity contribution < 1.29 is 4.74 Å². The van der Waals surface area contributed by atoms with Gasteiger partial charge < -0.3 is 4.74 Å². The van der Waals surface area contributed by atoms with Crippen LogP contribution in [-0.2, 0) is 4.74 Å². The second kappa shape index (κ2) is 7.02. The summed E-state index contributed by atoms with van der Waals surface area (Å²) < 4.78 is 5.17. The van der Waals surface area contributed by atoms with E-state index < -0.39 is 0 Å². The molecule has 2 saturated heterocycles. The number of rotatable bonds is 5. The Kier molecular flexibility index (Phi) is 5.63. The van der Waals surface area contributed by atoms with Gasteiger partial charge in [0, 0.05) is 64.5 Å². The van der Waals surface area contributed by atoms with Gasteiger partial charge in [0.25, 0.3) is 0 Å². The number of hydrogen-bond donors (Lipinski definition) is 0. The van der Waals surface area contributed by atoms with E-state index in [1.807, 2.05) is 0 Å². The van der Waals surface area contributed by atoms with Crippen molar-refractivity contribution in [1.29, 1.82) is 0 Å². The summed E-state index contributed by atoms with van der Waals surface area (Å²) in [6.07, 6.45) is 1.34.